The van der Waals surface area contributed by atoms with E-state index in [2.05, 4.69) is 4.98 Å². The van der Waals surface area contributed by atoms with Crippen LogP contribution in [0.15, 0.2) is 42.7 Å². The summed E-state index contributed by atoms with van der Waals surface area (Å²) < 4.78 is 1.07. The highest BCUT2D eigenvalue weighted by atomic mass is 35.5. The third-order valence-corrected chi connectivity index (χ3v) is 2.61. The molecule has 0 aliphatic rings. The maximum absolute atomic E-state index is 11.0. The maximum Gasteiger partial charge on any atom is 0.170 e. The molecular formula is C11H8ClN3O2. The van der Waals surface area contributed by atoms with Gasteiger partial charge in [-0.2, -0.15) is 0 Å². The molecule has 1 aromatic carbocycles. The lowest BCUT2D eigenvalue weighted by atomic mass is 10.2. The summed E-state index contributed by atoms with van der Waals surface area (Å²) in [5.74, 6) is 0. The zero-order valence-corrected chi connectivity index (χ0v) is 9.42. The molecule has 0 aliphatic carbocycles. The van der Waals surface area contributed by atoms with Crippen LogP contribution in [0.2, 0.25) is 0 Å². The second kappa shape index (κ2) is 4.03. The molecule has 3 rings (SSSR count). The van der Waals surface area contributed by atoms with Crippen LogP contribution in [0.4, 0.5) is 0 Å². The monoisotopic (exact) mass is 249 g/mol. The molecule has 0 spiro atoms. The summed E-state index contributed by atoms with van der Waals surface area (Å²) in [5, 5.41) is 12.3. The quantitative estimate of drug-likeness (QED) is 0.492. The van der Waals surface area contributed by atoms with E-state index in [4.69, 9.17) is 0 Å². The molecule has 0 N–H and O–H groups in total. The number of hydrogen-bond acceptors (Lipinski definition) is 3. The molecule has 5 nitrogen and oxygen atoms in total. The van der Waals surface area contributed by atoms with Gasteiger partial charge in [0.1, 0.15) is 11.0 Å². The van der Waals surface area contributed by atoms with E-state index in [-0.39, 0.29) is 12.4 Å². The van der Waals surface area contributed by atoms with Gasteiger partial charge >= 0.3 is 0 Å². The summed E-state index contributed by atoms with van der Waals surface area (Å²) in [4.78, 5) is 15.0. The van der Waals surface area contributed by atoms with Crippen molar-refractivity contribution in [3.8, 4) is 0 Å². The third-order valence-electron chi connectivity index (χ3n) is 2.61. The van der Waals surface area contributed by atoms with E-state index in [0.717, 1.165) is 15.4 Å². The van der Waals surface area contributed by atoms with Gasteiger partial charge in [-0.15, -0.1) is 12.4 Å². The van der Waals surface area contributed by atoms with Gasteiger partial charge in [0.25, 0.3) is 0 Å². The van der Waals surface area contributed by atoms with Crippen molar-refractivity contribution in [2.75, 3.05) is 0 Å². The Kier molecular flexibility index (Phi) is 2.69. The van der Waals surface area contributed by atoms with E-state index < -0.39 is 5.03 Å². The van der Waals surface area contributed by atoms with Crippen LogP contribution in [0.3, 0.4) is 0 Å². The number of rotatable bonds is 1. The number of hydrogen-bond donors (Lipinski definition) is 0. The third kappa shape index (κ3) is 1.52. The van der Waals surface area contributed by atoms with Crippen LogP contribution >= 0.6 is 12.4 Å². The Bertz CT molecular complexity index is 655. The standard InChI is InChI=1S/C11H7N3O2.ClH/c15-14(16)13-10-4-2-1-3-8(10)9-5-6-12-7-11(9)13;/h1-7H;1H. The van der Waals surface area contributed by atoms with Crippen molar-refractivity contribution in [3.63, 3.8) is 0 Å². The molecule has 0 saturated carbocycles. The minimum Gasteiger partial charge on any atom is -0.262 e. The first-order chi connectivity index (χ1) is 7.79. The van der Waals surface area contributed by atoms with Gasteiger partial charge in [-0.25, -0.2) is 10.1 Å². The van der Waals surface area contributed by atoms with Crippen LogP contribution in [0.5, 0.6) is 0 Å². The number of fused-ring (bicyclic) bond motifs is 3. The van der Waals surface area contributed by atoms with Crippen molar-refractivity contribution in [1.29, 1.82) is 0 Å². The molecule has 0 unspecified atom stereocenters. The van der Waals surface area contributed by atoms with Crippen molar-refractivity contribution in [2.24, 2.45) is 0 Å². The number of pyridine rings is 1. The molecule has 0 radical (unpaired) electrons. The molecule has 6 heteroatoms. The Morgan fingerprint density at radius 2 is 1.82 bits per heavy atom. The Balaban J connectivity index is 0.00000108. The van der Waals surface area contributed by atoms with Crippen LogP contribution < -0.4 is 0 Å². The molecule has 2 heterocycles. The van der Waals surface area contributed by atoms with Gasteiger partial charge < -0.3 is 0 Å². The van der Waals surface area contributed by atoms with E-state index in [9.17, 15) is 10.1 Å². The van der Waals surface area contributed by atoms with E-state index >= 15 is 0 Å². The SMILES string of the molecule is Cl.O=[N+]([O-])n1c2ccccc2c2ccncc21. The van der Waals surface area contributed by atoms with E-state index in [1.807, 2.05) is 12.1 Å². The van der Waals surface area contributed by atoms with Crippen LogP contribution in [-0.4, -0.2) is 14.7 Å². The molecule has 0 atom stereocenters. The summed E-state index contributed by atoms with van der Waals surface area (Å²) in [5.41, 5.74) is 1.12. The number of halogens is 1. The molecule has 3 aromatic rings. The minimum atomic E-state index is -0.424. The Hall–Kier alpha value is -2.14. The predicted molar refractivity (Wildman–Crippen MR) is 66.9 cm³/mol. The summed E-state index contributed by atoms with van der Waals surface area (Å²) in [6, 6.07) is 9.05. The van der Waals surface area contributed by atoms with Crippen LogP contribution in [0.25, 0.3) is 21.8 Å². The Morgan fingerprint density at radius 3 is 2.59 bits per heavy atom. The zero-order valence-electron chi connectivity index (χ0n) is 8.61. The van der Waals surface area contributed by atoms with Gasteiger partial charge in [0.15, 0.2) is 5.03 Å². The number of para-hydroxylation sites is 1. The highest BCUT2D eigenvalue weighted by Crippen LogP contribution is 2.27. The fourth-order valence-electron chi connectivity index (χ4n) is 1.97. The number of aromatic nitrogens is 2. The second-order valence-electron chi connectivity index (χ2n) is 3.46. The van der Waals surface area contributed by atoms with Crippen molar-refractivity contribution in [3.05, 3.63) is 52.8 Å². The molecule has 0 fully saturated rings. The largest absolute Gasteiger partial charge is 0.262 e. The summed E-state index contributed by atoms with van der Waals surface area (Å²) in [6.45, 7) is 0. The van der Waals surface area contributed by atoms with Crippen LogP contribution in [-0.2, 0) is 0 Å². The summed E-state index contributed by atoms with van der Waals surface area (Å²) >= 11 is 0. The lowest BCUT2D eigenvalue weighted by molar-refractivity contribution is -0.533. The van der Waals surface area contributed by atoms with Gasteiger partial charge in [0.05, 0.1) is 6.20 Å². The molecule has 0 saturated heterocycles. The smallest absolute Gasteiger partial charge is 0.170 e. The second-order valence-corrected chi connectivity index (χ2v) is 3.46. The van der Waals surface area contributed by atoms with Crippen molar-refractivity contribution in [1.82, 2.24) is 9.66 Å². The zero-order chi connectivity index (χ0) is 11.1. The first kappa shape index (κ1) is 11.3. The predicted octanol–water partition coefficient (Wildman–Crippen LogP) is 2.65. The molecule has 0 amide bonds. The molecule has 17 heavy (non-hydrogen) atoms. The first-order valence-corrected chi connectivity index (χ1v) is 4.77. The summed E-state index contributed by atoms with van der Waals surface area (Å²) in [6.07, 6.45) is 3.15. The van der Waals surface area contributed by atoms with E-state index in [1.165, 1.54) is 6.20 Å². The Morgan fingerprint density at radius 1 is 1.12 bits per heavy atom. The number of nitrogens with zero attached hydrogens (tertiary/aromatic N) is 3. The molecule has 2 aromatic heterocycles. The topological polar surface area (TPSA) is 61.0 Å². The molecule has 0 bridgehead atoms. The fraction of sp³-hybridized carbons (Fsp3) is 0. The molecule has 0 aliphatic heterocycles. The van der Waals surface area contributed by atoms with Crippen molar-refractivity contribution >= 4 is 34.2 Å². The number of nitro groups is 1. The maximum atomic E-state index is 11.0. The lowest BCUT2D eigenvalue weighted by Gasteiger charge is -1.93. The van der Waals surface area contributed by atoms with Gasteiger partial charge in [0.2, 0.25) is 0 Å². The molecular weight excluding hydrogens is 242 g/mol. The van der Waals surface area contributed by atoms with Gasteiger partial charge in [-0.1, -0.05) is 22.9 Å². The highest BCUT2D eigenvalue weighted by molar-refractivity contribution is 6.07. The van der Waals surface area contributed by atoms with Gasteiger partial charge in [-0.3, -0.25) is 4.98 Å². The molecule has 86 valence electrons. The first-order valence-electron chi connectivity index (χ1n) is 4.77. The van der Waals surface area contributed by atoms with Crippen molar-refractivity contribution in [2.45, 2.75) is 0 Å². The lowest BCUT2D eigenvalue weighted by Crippen LogP contribution is -2.07. The number of benzene rings is 1. The summed E-state index contributed by atoms with van der Waals surface area (Å²) in [7, 11) is 0. The van der Waals surface area contributed by atoms with Gasteiger partial charge in [0, 0.05) is 17.0 Å². The average Bonchev–Trinajstić information content (AvgIpc) is 2.63. The highest BCUT2D eigenvalue weighted by Gasteiger charge is 2.16. The average molecular weight is 250 g/mol. The Labute approximate surface area is 102 Å². The fourth-order valence-corrected chi connectivity index (χ4v) is 1.97. The minimum absolute atomic E-state index is 0. The van der Waals surface area contributed by atoms with Crippen molar-refractivity contribution < 1.29 is 5.03 Å². The van der Waals surface area contributed by atoms with Crippen LogP contribution in [0.1, 0.15) is 0 Å². The van der Waals surface area contributed by atoms with E-state index in [0.29, 0.717) is 11.0 Å². The normalized spacial score (nSPS) is 10.4. The van der Waals surface area contributed by atoms with E-state index in [1.54, 1.807) is 24.4 Å². The van der Waals surface area contributed by atoms with Crippen LogP contribution in [0, 0.1) is 10.1 Å². The van der Waals surface area contributed by atoms with Gasteiger partial charge in [-0.05, 0) is 12.1 Å².